The molecule has 0 spiro atoms. The lowest BCUT2D eigenvalue weighted by Gasteiger charge is -2.21. The number of fused-ring (bicyclic) bond motifs is 1. The Labute approximate surface area is 183 Å². The number of aromatic nitrogens is 4. The van der Waals surface area contributed by atoms with E-state index < -0.39 is 30.9 Å². The van der Waals surface area contributed by atoms with E-state index >= 15 is 0 Å². The topological polar surface area (TPSA) is 103 Å². The number of carbonyl (C=O) groups excluding carboxylic acids is 1. The predicted octanol–water partition coefficient (Wildman–Crippen LogP) is 3.38. The molecule has 0 bridgehead atoms. The zero-order chi connectivity index (χ0) is 25.4. The maximum absolute atomic E-state index is 13.6. The van der Waals surface area contributed by atoms with Crippen LogP contribution in [-0.4, -0.2) is 53.3 Å². The van der Waals surface area contributed by atoms with Crippen LogP contribution in [0.5, 0.6) is 5.75 Å². The quantitative estimate of drug-likeness (QED) is 0.580. The van der Waals surface area contributed by atoms with Gasteiger partial charge in [0.1, 0.15) is 5.75 Å². The molecule has 3 aromatic rings. The summed E-state index contributed by atoms with van der Waals surface area (Å²) in [6.07, 6.45) is -7.01. The molecule has 2 aromatic heterocycles. The molecule has 1 atom stereocenters. The lowest BCUT2D eigenvalue weighted by atomic mass is 10.0. The van der Waals surface area contributed by atoms with Gasteiger partial charge in [-0.15, -0.1) is 10.2 Å². The highest BCUT2D eigenvalue weighted by atomic mass is 35.5. The molecule has 9 nitrogen and oxygen atoms in total. The molecule has 2 N–H and O–H groups in total. The normalized spacial score (nSPS) is 14.5. The highest BCUT2D eigenvalue weighted by Gasteiger charge is 2.43. The summed E-state index contributed by atoms with van der Waals surface area (Å²) in [6.45, 7) is -2.81. The van der Waals surface area contributed by atoms with Crippen molar-refractivity contribution in [3.63, 3.8) is 0 Å². The van der Waals surface area contributed by atoms with Gasteiger partial charge in [-0.2, -0.15) is 18.3 Å². The molecule has 1 unspecified atom stereocenters. The number of nitrogens with zero attached hydrogens (tertiary/aromatic N) is 4. The first-order valence-electron chi connectivity index (χ1n) is 10.0. The fraction of sp³-hybridized carbons (Fsp3) is 0.333. The molecule has 3 rings (SSSR count). The average Bonchev–Trinajstić information content (AvgIpc) is 3.01. The lowest BCUT2D eigenvalue weighted by Crippen LogP contribution is -2.23. The van der Waals surface area contributed by atoms with Gasteiger partial charge in [0.05, 0.1) is 23.7 Å². The van der Waals surface area contributed by atoms with Gasteiger partial charge < -0.3 is 20.1 Å². The van der Waals surface area contributed by atoms with Crippen LogP contribution in [0, 0.1) is 0 Å². The number of halogens is 4. The minimum absolute atomic E-state index is 0.0137. The van der Waals surface area contributed by atoms with Crippen molar-refractivity contribution < 1.29 is 31.6 Å². The summed E-state index contributed by atoms with van der Waals surface area (Å²) in [4.78, 5) is 12.4. The van der Waals surface area contributed by atoms with Gasteiger partial charge in [0.25, 0.3) is 5.91 Å². The molecule has 31 heavy (non-hydrogen) atoms. The first-order chi connectivity index (χ1) is 15.8. The molecule has 0 radical (unpaired) electrons. The molecule has 0 aliphatic rings. The summed E-state index contributed by atoms with van der Waals surface area (Å²) < 4.78 is 73.7. The monoisotopic (exact) mass is 461 g/mol. The lowest BCUT2D eigenvalue weighted by molar-refractivity contribution is -0.216. The SMILES string of the molecule is [2H]C([2H])([2H])NC(=O)c1nnc(Cl)cc1Nc1nn(C)c2ccc(C(OC)C(F)(F)F)c(OC)c12. The van der Waals surface area contributed by atoms with Crippen LogP contribution >= 0.6 is 11.6 Å². The predicted molar refractivity (Wildman–Crippen MR) is 107 cm³/mol. The van der Waals surface area contributed by atoms with Crippen LogP contribution in [0.4, 0.5) is 24.7 Å². The van der Waals surface area contributed by atoms with Gasteiger partial charge >= 0.3 is 6.18 Å². The Hall–Kier alpha value is -3.12. The third-order valence-corrected chi connectivity index (χ3v) is 4.55. The molecule has 13 heteroatoms. The van der Waals surface area contributed by atoms with Crippen molar-refractivity contribution in [1.82, 2.24) is 25.3 Å². The smallest absolute Gasteiger partial charge is 0.418 e. The van der Waals surface area contributed by atoms with E-state index in [0.29, 0.717) is 5.52 Å². The number of hydrogen-bond donors (Lipinski definition) is 2. The first-order valence-corrected chi connectivity index (χ1v) is 8.90. The molecule has 0 aliphatic carbocycles. The summed E-state index contributed by atoms with van der Waals surface area (Å²) in [5.74, 6) is -1.27. The molecule has 1 aromatic carbocycles. The summed E-state index contributed by atoms with van der Waals surface area (Å²) in [6, 6.07) is 3.81. The Balaban J connectivity index is 2.18. The van der Waals surface area contributed by atoms with E-state index in [0.717, 1.165) is 7.11 Å². The van der Waals surface area contributed by atoms with Crippen LogP contribution in [0.3, 0.4) is 0 Å². The van der Waals surface area contributed by atoms with E-state index in [4.69, 9.17) is 20.5 Å². The third-order valence-electron chi connectivity index (χ3n) is 4.37. The Morgan fingerprint density at radius 1 is 1.32 bits per heavy atom. The highest BCUT2D eigenvalue weighted by molar-refractivity contribution is 6.29. The second-order valence-corrected chi connectivity index (χ2v) is 6.61. The Bertz CT molecular complexity index is 1240. The van der Waals surface area contributed by atoms with E-state index in [1.165, 1.54) is 30.0 Å². The molecule has 0 aliphatic heterocycles. The van der Waals surface area contributed by atoms with Gasteiger partial charge in [-0.05, 0) is 6.07 Å². The van der Waals surface area contributed by atoms with Crippen LogP contribution in [0.15, 0.2) is 18.2 Å². The minimum atomic E-state index is -4.73. The molecule has 2 heterocycles. The number of anilines is 2. The number of alkyl halides is 3. The number of aryl methyl sites for hydroxylation is 1. The van der Waals surface area contributed by atoms with Crippen LogP contribution in [0.1, 0.15) is 26.3 Å². The molecular formula is C18H18ClF3N6O3. The summed E-state index contributed by atoms with van der Waals surface area (Å²) in [5.41, 5.74) is -0.429. The van der Waals surface area contributed by atoms with E-state index in [-0.39, 0.29) is 33.4 Å². The third kappa shape index (κ3) is 4.21. The van der Waals surface area contributed by atoms with Gasteiger partial charge in [0.2, 0.25) is 0 Å². The van der Waals surface area contributed by atoms with E-state index in [1.54, 1.807) is 12.4 Å². The summed E-state index contributed by atoms with van der Waals surface area (Å²) in [5, 5.41) is 16.0. The number of nitrogens with one attached hydrogen (secondary N) is 2. The van der Waals surface area contributed by atoms with Crippen LogP contribution in [-0.2, 0) is 11.8 Å². The van der Waals surface area contributed by atoms with Crippen molar-refractivity contribution in [2.24, 2.45) is 7.05 Å². The Kier molecular flexibility index (Phi) is 5.14. The number of hydrogen-bond acceptors (Lipinski definition) is 7. The van der Waals surface area contributed by atoms with E-state index in [9.17, 15) is 18.0 Å². The van der Waals surface area contributed by atoms with Crippen molar-refractivity contribution in [2.75, 3.05) is 26.5 Å². The number of ether oxygens (including phenoxy) is 2. The standard InChI is InChI=1S/C18H18ClF3N6O3/c1-23-17(29)13-9(7-11(19)25-26-13)24-16-12-10(28(2)27-16)6-5-8(14(12)30-3)15(31-4)18(20,21)22/h5-7,15H,1-4H3,(H,23,29)(H,24,25,27)/i1D3. The van der Waals surface area contributed by atoms with Crippen molar-refractivity contribution in [3.8, 4) is 5.75 Å². The van der Waals surface area contributed by atoms with Crippen molar-refractivity contribution >= 4 is 39.9 Å². The molecule has 166 valence electrons. The summed E-state index contributed by atoms with van der Waals surface area (Å²) >= 11 is 5.89. The fourth-order valence-corrected chi connectivity index (χ4v) is 3.26. The zero-order valence-corrected chi connectivity index (χ0v) is 17.1. The molecule has 0 saturated heterocycles. The molecular weight excluding hydrogens is 441 g/mol. The number of amides is 1. The van der Waals surface area contributed by atoms with Gasteiger partial charge in [-0.3, -0.25) is 9.48 Å². The van der Waals surface area contributed by atoms with Crippen molar-refractivity contribution in [2.45, 2.75) is 12.3 Å². The van der Waals surface area contributed by atoms with Crippen LogP contribution < -0.4 is 15.4 Å². The van der Waals surface area contributed by atoms with Crippen LogP contribution in [0.25, 0.3) is 10.9 Å². The molecule has 0 saturated carbocycles. The van der Waals surface area contributed by atoms with Gasteiger partial charge in [0, 0.05) is 36.9 Å². The summed E-state index contributed by atoms with van der Waals surface area (Å²) in [7, 11) is 3.66. The minimum Gasteiger partial charge on any atom is -0.496 e. The number of benzene rings is 1. The number of carbonyl (C=O) groups is 1. The van der Waals surface area contributed by atoms with E-state index in [2.05, 4.69) is 25.3 Å². The van der Waals surface area contributed by atoms with Crippen molar-refractivity contribution in [3.05, 3.63) is 34.6 Å². The number of rotatable bonds is 6. The van der Waals surface area contributed by atoms with Gasteiger partial charge in [-0.25, -0.2) is 0 Å². The fourth-order valence-electron chi connectivity index (χ4n) is 3.11. The number of methoxy groups -OCH3 is 2. The van der Waals surface area contributed by atoms with Gasteiger partial charge in [-0.1, -0.05) is 17.7 Å². The first kappa shape index (κ1) is 18.6. The largest absolute Gasteiger partial charge is 0.496 e. The van der Waals surface area contributed by atoms with Crippen molar-refractivity contribution in [1.29, 1.82) is 0 Å². The maximum Gasteiger partial charge on any atom is 0.418 e. The molecule has 1 amide bonds. The highest BCUT2D eigenvalue weighted by Crippen LogP contribution is 2.44. The molecule has 0 fully saturated rings. The average molecular weight is 462 g/mol. The Morgan fingerprint density at radius 3 is 2.68 bits per heavy atom. The van der Waals surface area contributed by atoms with Crippen LogP contribution in [0.2, 0.25) is 5.15 Å². The zero-order valence-electron chi connectivity index (χ0n) is 19.3. The Morgan fingerprint density at radius 2 is 2.06 bits per heavy atom. The second kappa shape index (κ2) is 8.55. The van der Waals surface area contributed by atoms with E-state index in [1.807, 2.05) is 0 Å². The van der Waals surface area contributed by atoms with Gasteiger partial charge in [0.15, 0.2) is 22.8 Å². The maximum atomic E-state index is 13.6. The second-order valence-electron chi connectivity index (χ2n) is 6.22.